The number of amides is 1. The fourth-order valence-corrected chi connectivity index (χ4v) is 1.85. The second-order valence-corrected chi connectivity index (χ2v) is 4.91. The summed E-state index contributed by atoms with van der Waals surface area (Å²) in [5.41, 5.74) is 0. The van der Waals surface area contributed by atoms with Gasteiger partial charge >= 0.3 is 0 Å². The van der Waals surface area contributed by atoms with Crippen molar-refractivity contribution in [2.45, 2.75) is 65.0 Å². The van der Waals surface area contributed by atoms with Crippen molar-refractivity contribution in [3.05, 3.63) is 11.7 Å². The van der Waals surface area contributed by atoms with Crippen molar-refractivity contribution in [2.24, 2.45) is 0 Å². The number of carbonyl (C=O) groups excluding carboxylic acids is 1. The average Bonchev–Trinajstić information content (AvgIpc) is 2.73. The number of aliphatic hydroxyl groups excluding tert-OH is 1. The van der Waals surface area contributed by atoms with E-state index in [1.165, 1.54) is 0 Å². The number of aromatic nitrogens is 2. The Labute approximate surface area is 113 Å². The zero-order chi connectivity index (χ0) is 14.3. The monoisotopic (exact) mass is 269 g/mol. The van der Waals surface area contributed by atoms with Gasteiger partial charge in [-0.15, -0.1) is 0 Å². The molecule has 1 rings (SSSR count). The molecule has 2 atom stereocenters. The first kappa shape index (κ1) is 15.6. The molecule has 0 spiro atoms. The topological polar surface area (TPSA) is 88.2 Å². The molecule has 1 heterocycles. The summed E-state index contributed by atoms with van der Waals surface area (Å²) < 4.78 is 5.06. The van der Waals surface area contributed by atoms with Gasteiger partial charge in [0.2, 0.25) is 11.8 Å². The zero-order valence-electron chi connectivity index (χ0n) is 11.8. The van der Waals surface area contributed by atoms with Crippen molar-refractivity contribution in [1.82, 2.24) is 15.5 Å². The first-order valence-corrected chi connectivity index (χ1v) is 6.80. The van der Waals surface area contributed by atoms with Crippen LogP contribution < -0.4 is 5.32 Å². The van der Waals surface area contributed by atoms with E-state index in [1.807, 2.05) is 13.8 Å². The van der Waals surface area contributed by atoms with E-state index in [-0.39, 0.29) is 11.9 Å². The van der Waals surface area contributed by atoms with Gasteiger partial charge in [-0.05, 0) is 26.7 Å². The summed E-state index contributed by atoms with van der Waals surface area (Å²) in [5, 5.41) is 15.9. The highest BCUT2D eigenvalue weighted by atomic mass is 16.5. The van der Waals surface area contributed by atoms with Gasteiger partial charge in [0.05, 0.1) is 6.10 Å². The third-order valence-electron chi connectivity index (χ3n) is 2.65. The molecule has 0 aromatic carbocycles. The minimum absolute atomic E-state index is 0.0363. The van der Waals surface area contributed by atoms with Crippen LogP contribution in [-0.2, 0) is 17.6 Å². The molecule has 1 amide bonds. The summed E-state index contributed by atoms with van der Waals surface area (Å²) in [6.45, 7) is 5.63. The molecule has 2 N–H and O–H groups in total. The van der Waals surface area contributed by atoms with Crippen LogP contribution in [0.5, 0.6) is 0 Å². The molecule has 0 radical (unpaired) electrons. The molecular weight excluding hydrogens is 246 g/mol. The minimum atomic E-state index is -0.414. The quantitative estimate of drug-likeness (QED) is 0.741. The Morgan fingerprint density at radius 3 is 2.79 bits per heavy atom. The Morgan fingerprint density at radius 2 is 2.16 bits per heavy atom. The van der Waals surface area contributed by atoms with E-state index >= 15 is 0 Å². The first-order valence-electron chi connectivity index (χ1n) is 6.80. The Kier molecular flexibility index (Phi) is 6.49. The molecule has 2 unspecified atom stereocenters. The van der Waals surface area contributed by atoms with Crippen LogP contribution in [0.2, 0.25) is 0 Å². The maximum absolute atomic E-state index is 11.7. The highest BCUT2D eigenvalue weighted by molar-refractivity contribution is 5.76. The van der Waals surface area contributed by atoms with Gasteiger partial charge in [0, 0.05) is 25.3 Å². The molecule has 19 heavy (non-hydrogen) atoms. The van der Waals surface area contributed by atoms with Crippen molar-refractivity contribution in [2.75, 3.05) is 0 Å². The van der Waals surface area contributed by atoms with Crippen molar-refractivity contribution in [1.29, 1.82) is 0 Å². The molecular formula is C13H23N3O3. The van der Waals surface area contributed by atoms with Crippen LogP contribution in [0, 0.1) is 0 Å². The van der Waals surface area contributed by atoms with E-state index in [0.29, 0.717) is 31.0 Å². The van der Waals surface area contributed by atoms with Crippen molar-refractivity contribution in [3.8, 4) is 0 Å². The Hall–Kier alpha value is -1.43. The van der Waals surface area contributed by atoms with Gasteiger partial charge in [-0.2, -0.15) is 4.98 Å². The van der Waals surface area contributed by atoms with E-state index in [4.69, 9.17) is 4.52 Å². The summed E-state index contributed by atoms with van der Waals surface area (Å²) in [7, 11) is 0. The van der Waals surface area contributed by atoms with Gasteiger partial charge in [0.25, 0.3) is 0 Å². The molecule has 1 aromatic heterocycles. The summed E-state index contributed by atoms with van der Waals surface area (Å²) in [6, 6.07) is -0.0363. The predicted molar refractivity (Wildman–Crippen MR) is 70.5 cm³/mol. The van der Waals surface area contributed by atoms with Crippen LogP contribution in [0.25, 0.3) is 0 Å². The number of nitrogens with one attached hydrogen (secondary N) is 1. The highest BCUT2D eigenvalue weighted by Crippen LogP contribution is 2.04. The lowest BCUT2D eigenvalue weighted by atomic mass is 10.1. The number of hydrogen-bond acceptors (Lipinski definition) is 5. The Balaban J connectivity index is 2.29. The Bertz CT molecular complexity index is 390. The van der Waals surface area contributed by atoms with Crippen LogP contribution in [-0.4, -0.2) is 33.3 Å². The largest absolute Gasteiger partial charge is 0.393 e. The molecule has 0 aliphatic heterocycles. The van der Waals surface area contributed by atoms with Crippen molar-refractivity contribution in [3.63, 3.8) is 0 Å². The third kappa shape index (κ3) is 6.33. The summed E-state index contributed by atoms with van der Waals surface area (Å²) >= 11 is 0. The Morgan fingerprint density at radius 1 is 1.42 bits per heavy atom. The van der Waals surface area contributed by atoms with Gasteiger partial charge in [-0.1, -0.05) is 12.1 Å². The predicted octanol–water partition coefficient (Wildman–Crippen LogP) is 1.23. The lowest BCUT2D eigenvalue weighted by Gasteiger charge is -2.14. The standard InChI is InChI=1S/C13H23N3O3/c1-4-5-11-15-13(19-16-11)7-6-12(18)14-9(2)8-10(3)17/h9-10,17H,4-8H2,1-3H3,(H,14,18). The van der Waals surface area contributed by atoms with E-state index < -0.39 is 6.10 Å². The number of carbonyl (C=O) groups is 1. The van der Waals surface area contributed by atoms with E-state index in [2.05, 4.69) is 15.5 Å². The lowest BCUT2D eigenvalue weighted by Crippen LogP contribution is -2.34. The fraction of sp³-hybridized carbons (Fsp3) is 0.769. The normalized spacial score (nSPS) is 14.1. The number of nitrogens with zero attached hydrogens (tertiary/aromatic N) is 2. The summed E-state index contributed by atoms with van der Waals surface area (Å²) in [5.74, 6) is 1.13. The molecule has 0 bridgehead atoms. The van der Waals surface area contributed by atoms with Crippen molar-refractivity contribution >= 4 is 5.91 Å². The molecule has 6 nitrogen and oxygen atoms in total. The first-order chi connectivity index (χ1) is 9.01. The van der Waals surface area contributed by atoms with E-state index in [9.17, 15) is 9.90 Å². The van der Waals surface area contributed by atoms with Crippen molar-refractivity contribution < 1.29 is 14.4 Å². The lowest BCUT2D eigenvalue weighted by molar-refractivity contribution is -0.121. The molecule has 0 aliphatic rings. The SMILES string of the molecule is CCCc1noc(CCC(=O)NC(C)CC(C)O)n1. The van der Waals surface area contributed by atoms with E-state index in [1.54, 1.807) is 6.92 Å². The highest BCUT2D eigenvalue weighted by Gasteiger charge is 2.12. The van der Waals surface area contributed by atoms with Gasteiger partial charge in [-0.3, -0.25) is 4.79 Å². The van der Waals surface area contributed by atoms with Crippen LogP contribution >= 0.6 is 0 Å². The summed E-state index contributed by atoms with van der Waals surface area (Å²) in [4.78, 5) is 15.9. The molecule has 108 valence electrons. The number of aliphatic hydroxyl groups is 1. The number of rotatable bonds is 8. The van der Waals surface area contributed by atoms with Gasteiger partial charge < -0.3 is 14.9 Å². The zero-order valence-corrected chi connectivity index (χ0v) is 11.8. The van der Waals surface area contributed by atoms with Crippen LogP contribution in [0.3, 0.4) is 0 Å². The second-order valence-electron chi connectivity index (χ2n) is 4.91. The second kappa shape index (κ2) is 7.89. The average molecular weight is 269 g/mol. The third-order valence-corrected chi connectivity index (χ3v) is 2.65. The minimum Gasteiger partial charge on any atom is -0.393 e. The van der Waals surface area contributed by atoms with Gasteiger partial charge in [-0.25, -0.2) is 0 Å². The van der Waals surface area contributed by atoms with Gasteiger partial charge in [0.15, 0.2) is 5.82 Å². The maximum Gasteiger partial charge on any atom is 0.227 e. The van der Waals surface area contributed by atoms with Gasteiger partial charge in [0.1, 0.15) is 0 Å². The molecule has 1 aromatic rings. The van der Waals surface area contributed by atoms with Crippen LogP contribution in [0.15, 0.2) is 4.52 Å². The van der Waals surface area contributed by atoms with Crippen LogP contribution in [0.1, 0.15) is 51.7 Å². The smallest absolute Gasteiger partial charge is 0.227 e. The molecule has 0 fully saturated rings. The molecule has 6 heteroatoms. The van der Waals surface area contributed by atoms with Crippen LogP contribution in [0.4, 0.5) is 0 Å². The summed E-state index contributed by atoms with van der Waals surface area (Å²) in [6.07, 6.45) is 2.66. The molecule has 0 saturated heterocycles. The number of hydrogen-bond donors (Lipinski definition) is 2. The number of aryl methyl sites for hydroxylation is 2. The fourth-order valence-electron chi connectivity index (χ4n) is 1.85. The van der Waals surface area contributed by atoms with E-state index in [0.717, 1.165) is 12.8 Å². The molecule has 0 aliphatic carbocycles. The molecule has 0 saturated carbocycles. The maximum atomic E-state index is 11.7.